The van der Waals surface area contributed by atoms with Crippen LogP contribution >= 0.6 is 0 Å². The third kappa shape index (κ3) is 4.54. The Hall–Kier alpha value is -0.470. The summed E-state index contributed by atoms with van der Waals surface area (Å²) in [6.45, 7) is 5.46. The lowest BCUT2D eigenvalue weighted by Crippen LogP contribution is -2.49. The van der Waals surface area contributed by atoms with Gasteiger partial charge in [0.25, 0.3) is 10.2 Å². The molecule has 0 bridgehead atoms. The molecule has 0 saturated carbocycles. The second-order valence-electron chi connectivity index (χ2n) is 4.70. The molecule has 112 valence electrons. The number of hydrogen-bond donors (Lipinski definition) is 1. The van der Waals surface area contributed by atoms with Crippen LogP contribution in [-0.4, -0.2) is 68.6 Å². The molecule has 1 unspecified atom stereocenters. The van der Waals surface area contributed by atoms with Gasteiger partial charge in [0, 0.05) is 39.9 Å². The fourth-order valence-corrected chi connectivity index (χ4v) is 3.87. The molecule has 6 nitrogen and oxygen atoms in total. The average molecular weight is 292 g/mol. The van der Waals surface area contributed by atoms with Crippen molar-refractivity contribution in [3.63, 3.8) is 0 Å². The maximum Gasteiger partial charge on any atom is 0.282 e. The largest absolute Gasteiger partial charge is 0.396 e. The quantitative estimate of drug-likeness (QED) is 0.643. The predicted molar refractivity (Wildman–Crippen MR) is 73.9 cm³/mol. The molecule has 1 heterocycles. The minimum Gasteiger partial charge on any atom is -0.396 e. The highest BCUT2D eigenvalue weighted by molar-refractivity contribution is 7.86. The third-order valence-electron chi connectivity index (χ3n) is 3.27. The van der Waals surface area contributed by atoms with Gasteiger partial charge in [0.05, 0.1) is 6.61 Å². The number of aliphatic hydroxyl groups excluding tert-OH is 1. The van der Waals surface area contributed by atoms with E-state index in [0.717, 1.165) is 12.8 Å². The van der Waals surface area contributed by atoms with Crippen molar-refractivity contribution in [1.82, 2.24) is 8.61 Å². The Bertz CT molecular complexity index is 372. The van der Waals surface area contributed by atoms with Gasteiger partial charge in [0.15, 0.2) is 0 Å². The standard InChI is InChI=1S/C12H24N2O4S/c1-3-6-13(8-9-18-2)19(16,17)14-7-4-5-12(10-14)11-15/h3,12,15H,1,4-11H2,2H3. The summed E-state index contributed by atoms with van der Waals surface area (Å²) in [5.41, 5.74) is 0. The zero-order valence-electron chi connectivity index (χ0n) is 11.5. The molecule has 1 aliphatic heterocycles. The minimum atomic E-state index is -3.50. The average Bonchev–Trinajstić information content (AvgIpc) is 2.43. The van der Waals surface area contributed by atoms with Crippen LogP contribution < -0.4 is 0 Å². The van der Waals surface area contributed by atoms with Crippen LogP contribution in [0.15, 0.2) is 12.7 Å². The highest BCUT2D eigenvalue weighted by atomic mass is 32.2. The number of ether oxygens (including phenoxy) is 1. The van der Waals surface area contributed by atoms with Crippen molar-refractivity contribution >= 4 is 10.2 Å². The maximum atomic E-state index is 12.5. The molecule has 1 aliphatic rings. The second-order valence-corrected chi connectivity index (χ2v) is 6.62. The normalized spacial score (nSPS) is 21.7. The van der Waals surface area contributed by atoms with Gasteiger partial charge >= 0.3 is 0 Å². The number of hydrogen-bond acceptors (Lipinski definition) is 4. The number of methoxy groups -OCH3 is 1. The Kier molecular flexibility index (Phi) is 6.95. The first-order valence-corrected chi connectivity index (χ1v) is 7.91. The summed E-state index contributed by atoms with van der Waals surface area (Å²) in [5, 5.41) is 9.19. The second kappa shape index (κ2) is 7.96. The molecule has 1 atom stereocenters. The van der Waals surface area contributed by atoms with Crippen molar-refractivity contribution in [2.24, 2.45) is 5.92 Å². The van der Waals surface area contributed by atoms with E-state index in [1.165, 1.54) is 8.61 Å². The highest BCUT2D eigenvalue weighted by Gasteiger charge is 2.32. The summed E-state index contributed by atoms with van der Waals surface area (Å²) < 4.78 is 32.8. The van der Waals surface area contributed by atoms with Crippen LogP contribution in [0, 0.1) is 5.92 Å². The zero-order valence-corrected chi connectivity index (χ0v) is 12.3. The molecule has 1 rings (SSSR count). The van der Waals surface area contributed by atoms with Crippen LogP contribution in [0.1, 0.15) is 12.8 Å². The van der Waals surface area contributed by atoms with Gasteiger partial charge in [-0.25, -0.2) is 0 Å². The van der Waals surface area contributed by atoms with Crippen LogP contribution in [-0.2, 0) is 14.9 Å². The van der Waals surface area contributed by atoms with Crippen LogP contribution in [0.25, 0.3) is 0 Å². The first-order chi connectivity index (χ1) is 9.06. The van der Waals surface area contributed by atoms with E-state index in [1.807, 2.05) is 0 Å². The molecule has 0 spiro atoms. The van der Waals surface area contributed by atoms with Crippen LogP contribution in [0.3, 0.4) is 0 Å². The molecule has 0 aromatic rings. The van der Waals surface area contributed by atoms with E-state index < -0.39 is 10.2 Å². The molecule has 1 saturated heterocycles. The summed E-state index contributed by atoms with van der Waals surface area (Å²) in [6, 6.07) is 0. The molecule has 1 N–H and O–H groups in total. The van der Waals surface area contributed by atoms with Crippen LogP contribution in [0.4, 0.5) is 0 Å². The lowest BCUT2D eigenvalue weighted by molar-refractivity contribution is 0.154. The van der Waals surface area contributed by atoms with E-state index in [0.29, 0.717) is 26.2 Å². The molecule has 19 heavy (non-hydrogen) atoms. The van der Waals surface area contributed by atoms with Crippen LogP contribution in [0.5, 0.6) is 0 Å². The van der Waals surface area contributed by atoms with E-state index in [9.17, 15) is 13.5 Å². The third-order valence-corrected chi connectivity index (χ3v) is 5.24. The first kappa shape index (κ1) is 16.6. The summed E-state index contributed by atoms with van der Waals surface area (Å²) >= 11 is 0. The monoisotopic (exact) mass is 292 g/mol. The van der Waals surface area contributed by atoms with Gasteiger partial charge < -0.3 is 9.84 Å². The summed E-state index contributed by atoms with van der Waals surface area (Å²) in [6.07, 6.45) is 3.24. The summed E-state index contributed by atoms with van der Waals surface area (Å²) in [5.74, 6) is 0.0385. The van der Waals surface area contributed by atoms with Gasteiger partial charge in [-0.1, -0.05) is 6.08 Å². The number of aliphatic hydroxyl groups is 1. The Morgan fingerprint density at radius 2 is 2.32 bits per heavy atom. The topological polar surface area (TPSA) is 70.1 Å². The molecule has 1 fully saturated rings. The van der Waals surface area contributed by atoms with E-state index in [1.54, 1.807) is 13.2 Å². The van der Waals surface area contributed by atoms with E-state index in [-0.39, 0.29) is 19.1 Å². The van der Waals surface area contributed by atoms with E-state index in [4.69, 9.17) is 4.74 Å². The fourth-order valence-electron chi connectivity index (χ4n) is 2.19. The van der Waals surface area contributed by atoms with Gasteiger partial charge in [-0.05, 0) is 18.8 Å². The minimum absolute atomic E-state index is 0.0333. The fraction of sp³-hybridized carbons (Fsp3) is 0.833. The highest BCUT2D eigenvalue weighted by Crippen LogP contribution is 2.20. The smallest absolute Gasteiger partial charge is 0.282 e. The Morgan fingerprint density at radius 3 is 2.89 bits per heavy atom. The molecular formula is C12H24N2O4S. The van der Waals surface area contributed by atoms with Crippen molar-refractivity contribution in [3.8, 4) is 0 Å². The summed E-state index contributed by atoms with van der Waals surface area (Å²) in [4.78, 5) is 0. The molecule has 7 heteroatoms. The maximum absolute atomic E-state index is 12.5. The zero-order chi connectivity index (χ0) is 14.3. The van der Waals surface area contributed by atoms with Crippen LogP contribution in [0.2, 0.25) is 0 Å². The molecule has 0 aliphatic carbocycles. The molecule has 0 aromatic heterocycles. The van der Waals surface area contributed by atoms with Gasteiger partial charge in [-0.3, -0.25) is 0 Å². The first-order valence-electron chi connectivity index (χ1n) is 6.52. The Balaban J connectivity index is 2.76. The Morgan fingerprint density at radius 1 is 1.58 bits per heavy atom. The van der Waals surface area contributed by atoms with Gasteiger partial charge in [0.2, 0.25) is 0 Å². The van der Waals surface area contributed by atoms with Crippen molar-refractivity contribution in [3.05, 3.63) is 12.7 Å². The number of rotatable bonds is 8. The van der Waals surface area contributed by atoms with Gasteiger partial charge in [-0.2, -0.15) is 17.0 Å². The van der Waals surface area contributed by atoms with Gasteiger partial charge in [-0.15, -0.1) is 6.58 Å². The van der Waals surface area contributed by atoms with E-state index in [2.05, 4.69) is 6.58 Å². The van der Waals surface area contributed by atoms with Gasteiger partial charge in [0.1, 0.15) is 0 Å². The molecular weight excluding hydrogens is 268 g/mol. The van der Waals surface area contributed by atoms with Crippen molar-refractivity contribution in [2.75, 3.05) is 46.5 Å². The SMILES string of the molecule is C=CCN(CCOC)S(=O)(=O)N1CCCC(CO)C1. The Labute approximate surface area is 115 Å². The van der Waals surface area contributed by atoms with Crippen molar-refractivity contribution in [1.29, 1.82) is 0 Å². The van der Waals surface area contributed by atoms with E-state index >= 15 is 0 Å². The lowest BCUT2D eigenvalue weighted by atomic mass is 10.0. The lowest BCUT2D eigenvalue weighted by Gasteiger charge is -2.34. The molecule has 0 aromatic carbocycles. The summed E-state index contributed by atoms with van der Waals surface area (Å²) in [7, 11) is -1.95. The predicted octanol–water partition coefficient (Wildman–Crippen LogP) is 0.0699. The van der Waals surface area contributed by atoms with Crippen molar-refractivity contribution < 1.29 is 18.3 Å². The number of piperidine rings is 1. The van der Waals surface area contributed by atoms with Crippen molar-refractivity contribution in [2.45, 2.75) is 12.8 Å². The molecule has 0 radical (unpaired) electrons. The molecule has 0 amide bonds. The number of nitrogens with zero attached hydrogens (tertiary/aromatic N) is 2.